The second-order valence-electron chi connectivity index (χ2n) is 9.54. The Morgan fingerprint density at radius 3 is 2.79 bits per heavy atom. The number of aliphatic carboxylic acids is 1. The van der Waals surface area contributed by atoms with Crippen LogP contribution in [0.25, 0.3) is 0 Å². The molecule has 1 heterocycles. The normalized spacial score (nSPS) is 22.8. The van der Waals surface area contributed by atoms with Crippen molar-refractivity contribution in [3.8, 4) is 5.75 Å². The largest absolute Gasteiger partial charge is 0.488 e. The number of β-amino-alcohol motifs (C(OH)–C–C–N with tert-alkyl or cyclic N) is 1. The molecular formula is C25H29ClFNO5. The molecule has 0 saturated heterocycles. The third kappa shape index (κ3) is 5.17. The highest BCUT2D eigenvalue weighted by atomic mass is 35.5. The summed E-state index contributed by atoms with van der Waals surface area (Å²) in [5.41, 5.74) is 1.87. The minimum Gasteiger partial charge on any atom is -0.488 e. The molecule has 0 radical (unpaired) electrons. The van der Waals surface area contributed by atoms with Gasteiger partial charge in [0.25, 0.3) is 0 Å². The van der Waals surface area contributed by atoms with Crippen LogP contribution in [0.4, 0.5) is 4.39 Å². The summed E-state index contributed by atoms with van der Waals surface area (Å²) >= 11 is 5.82. The molecule has 0 aromatic heterocycles. The smallest absolute Gasteiger partial charge is 0.311 e. The monoisotopic (exact) mass is 477 g/mol. The van der Waals surface area contributed by atoms with Gasteiger partial charge in [0.1, 0.15) is 23.6 Å². The van der Waals surface area contributed by atoms with Crippen LogP contribution in [0.2, 0.25) is 5.02 Å². The molecule has 2 aliphatic rings. The van der Waals surface area contributed by atoms with E-state index in [2.05, 4.69) is 5.32 Å². The van der Waals surface area contributed by atoms with E-state index in [1.54, 1.807) is 12.1 Å². The zero-order chi connectivity index (χ0) is 23.9. The Morgan fingerprint density at radius 2 is 2.09 bits per heavy atom. The van der Waals surface area contributed by atoms with Crippen molar-refractivity contribution in [2.75, 3.05) is 13.2 Å². The van der Waals surface area contributed by atoms with E-state index in [1.165, 1.54) is 6.07 Å². The van der Waals surface area contributed by atoms with Crippen molar-refractivity contribution in [2.45, 2.75) is 57.0 Å². The molecule has 2 aromatic carbocycles. The summed E-state index contributed by atoms with van der Waals surface area (Å²) in [5, 5.41) is 23.3. The highest BCUT2D eigenvalue weighted by molar-refractivity contribution is 6.30. The molecule has 1 aliphatic carbocycles. The van der Waals surface area contributed by atoms with Gasteiger partial charge in [0.05, 0.1) is 18.8 Å². The number of aliphatic hydroxyl groups is 1. The van der Waals surface area contributed by atoms with E-state index >= 15 is 0 Å². The zero-order valence-electron chi connectivity index (χ0n) is 18.8. The van der Waals surface area contributed by atoms with Gasteiger partial charge in [-0.1, -0.05) is 35.9 Å². The van der Waals surface area contributed by atoms with Crippen LogP contribution < -0.4 is 10.1 Å². The lowest BCUT2D eigenvalue weighted by Crippen LogP contribution is -2.46. The Hall–Kier alpha value is -2.19. The van der Waals surface area contributed by atoms with Crippen molar-refractivity contribution in [2.24, 2.45) is 5.92 Å². The van der Waals surface area contributed by atoms with Gasteiger partial charge < -0.3 is 25.0 Å². The van der Waals surface area contributed by atoms with Crippen molar-refractivity contribution >= 4 is 17.6 Å². The highest BCUT2D eigenvalue weighted by Crippen LogP contribution is 2.59. The van der Waals surface area contributed by atoms with Gasteiger partial charge in [-0.15, -0.1) is 0 Å². The van der Waals surface area contributed by atoms with Gasteiger partial charge in [-0.25, -0.2) is 4.39 Å². The Balaban J connectivity index is 1.28. The van der Waals surface area contributed by atoms with Crippen molar-refractivity contribution in [1.82, 2.24) is 5.32 Å². The highest BCUT2D eigenvalue weighted by Gasteiger charge is 2.63. The number of halogens is 2. The number of carbonyl (C=O) groups is 1. The number of fused-ring (bicyclic) bond motifs is 3. The number of hydrogen-bond donors (Lipinski definition) is 3. The number of nitrogens with one attached hydrogen (secondary N) is 1. The van der Waals surface area contributed by atoms with Crippen LogP contribution in [-0.4, -0.2) is 47.1 Å². The van der Waals surface area contributed by atoms with Gasteiger partial charge in [0.15, 0.2) is 0 Å². The van der Waals surface area contributed by atoms with Crippen molar-refractivity contribution in [1.29, 1.82) is 0 Å². The average molecular weight is 478 g/mol. The summed E-state index contributed by atoms with van der Waals surface area (Å²) < 4.78 is 25.9. The average Bonchev–Trinajstić information content (AvgIpc) is 3.35. The van der Waals surface area contributed by atoms with Crippen molar-refractivity contribution in [3.05, 3.63) is 63.9 Å². The molecule has 1 aliphatic heterocycles. The van der Waals surface area contributed by atoms with E-state index < -0.39 is 23.5 Å². The number of benzene rings is 2. The number of carboxylic acids is 1. The molecular weight excluding hydrogens is 449 g/mol. The molecule has 1 saturated carbocycles. The van der Waals surface area contributed by atoms with Crippen molar-refractivity contribution in [3.63, 3.8) is 0 Å². The lowest BCUT2D eigenvalue weighted by molar-refractivity contribution is -0.139. The van der Waals surface area contributed by atoms with Gasteiger partial charge in [0.2, 0.25) is 0 Å². The number of hydrogen-bond acceptors (Lipinski definition) is 5. The van der Waals surface area contributed by atoms with Gasteiger partial charge in [-0.3, -0.25) is 4.79 Å². The maximum absolute atomic E-state index is 14.1. The number of rotatable bonds is 10. The van der Waals surface area contributed by atoms with Crippen LogP contribution in [0.15, 0.2) is 36.4 Å². The van der Waals surface area contributed by atoms with Gasteiger partial charge in [-0.05, 0) is 44.9 Å². The molecule has 2 aromatic rings. The fraction of sp³-hybridized carbons (Fsp3) is 0.480. The minimum atomic E-state index is -0.831. The quantitative estimate of drug-likeness (QED) is 0.478. The second-order valence-corrected chi connectivity index (χ2v) is 9.98. The third-order valence-corrected chi connectivity index (χ3v) is 6.60. The molecule has 3 N–H and O–H groups in total. The zero-order valence-corrected chi connectivity index (χ0v) is 19.6. The van der Waals surface area contributed by atoms with E-state index in [4.69, 9.17) is 21.1 Å². The molecule has 0 amide bonds. The molecule has 8 heteroatoms. The minimum absolute atomic E-state index is 0.0906. The maximum atomic E-state index is 14.1. The number of para-hydroxylation sites is 1. The van der Waals surface area contributed by atoms with Gasteiger partial charge in [-0.2, -0.15) is 0 Å². The standard InChI is InChI=1S/C25H29ClFNO5/c1-13(17-5-4-6-18-20-21(24(30)31)23(20)33-22(17)18)32-12-16(29)11-28-25(2,3)10-14-7-8-15(26)9-19(14)27/h4-9,13,16,20-21,23,28-29H,10-12H2,1-3H3,(H,30,31)/t13-,16-,20-,21-,23-/m1/s1. The number of carboxylic acid groups (broad SMARTS) is 1. The summed E-state index contributed by atoms with van der Waals surface area (Å²) in [7, 11) is 0. The molecule has 178 valence electrons. The third-order valence-electron chi connectivity index (χ3n) is 6.37. The first-order chi connectivity index (χ1) is 15.6. The predicted octanol–water partition coefficient (Wildman–Crippen LogP) is 4.09. The van der Waals surface area contributed by atoms with Gasteiger partial charge in [0, 0.05) is 34.2 Å². The summed E-state index contributed by atoms with van der Waals surface area (Å²) in [6.07, 6.45) is -0.947. The van der Waals surface area contributed by atoms with E-state index in [0.717, 1.165) is 11.1 Å². The molecule has 0 bridgehead atoms. The molecule has 4 rings (SSSR count). The maximum Gasteiger partial charge on any atom is 0.311 e. The Labute approximate surface area is 197 Å². The molecule has 1 fully saturated rings. The predicted molar refractivity (Wildman–Crippen MR) is 122 cm³/mol. The first-order valence-electron chi connectivity index (χ1n) is 11.1. The van der Waals surface area contributed by atoms with E-state index in [9.17, 15) is 19.4 Å². The number of aliphatic hydroxyl groups excluding tert-OH is 1. The van der Waals surface area contributed by atoms with Crippen LogP contribution in [0, 0.1) is 11.7 Å². The Kier molecular flexibility index (Phi) is 6.69. The second kappa shape index (κ2) is 9.22. The molecule has 6 nitrogen and oxygen atoms in total. The lowest BCUT2D eigenvalue weighted by Gasteiger charge is -2.28. The molecule has 33 heavy (non-hydrogen) atoms. The van der Waals surface area contributed by atoms with Crippen LogP contribution in [0.3, 0.4) is 0 Å². The first-order valence-corrected chi connectivity index (χ1v) is 11.5. The fourth-order valence-corrected chi connectivity index (χ4v) is 4.68. The molecule has 5 atom stereocenters. The summed E-state index contributed by atoms with van der Waals surface area (Å²) in [6, 6.07) is 10.3. The molecule has 0 unspecified atom stereocenters. The number of ether oxygens (including phenoxy) is 2. The van der Waals surface area contributed by atoms with E-state index in [-0.39, 0.29) is 37.1 Å². The van der Waals surface area contributed by atoms with Gasteiger partial charge >= 0.3 is 5.97 Å². The van der Waals surface area contributed by atoms with Crippen LogP contribution in [-0.2, 0) is 16.0 Å². The van der Waals surface area contributed by atoms with Crippen LogP contribution in [0.5, 0.6) is 5.75 Å². The van der Waals surface area contributed by atoms with Crippen LogP contribution >= 0.6 is 11.6 Å². The van der Waals surface area contributed by atoms with E-state index in [0.29, 0.717) is 22.8 Å². The lowest BCUT2D eigenvalue weighted by atomic mass is 9.94. The summed E-state index contributed by atoms with van der Waals surface area (Å²) in [4.78, 5) is 11.3. The van der Waals surface area contributed by atoms with Crippen LogP contribution in [0.1, 0.15) is 49.5 Å². The van der Waals surface area contributed by atoms with E-state index in [1.807, 2.05) is 39.0 Å². The Bertz CT molecular complexity index is 1050. The van der Waals surface area contributed by atoms with Crippen molar-refractivity contribution < 1.29 is 28.9 Å². The SMILES string of the molecule is C[C@@H](OC[C@H](O)CNC(C)(C)Cc1ccc(Cl)cc1F)c1cccc2c1O[C@H]1[C@H](C(=O)O)[C@@H]21. The fourth-order valence-electron chi connectivity index (χ4n) is 4.52. The topological polar surface area (TPSA) is 88.0 Å². The summed E-state index contributed by atoms with van der Waals surface area (Å²) in [5.74, 6) is -1.03. The first kappa shape index (κ1) is 24.0. The summed E-state index contributed by atoms with van der Waals surface area (Å²) in [6.45, 7) is 6.15. The molecule has 0 spiro atoms. The Morgan fingerprint density at radius 1 is 1.33 bits per heavy atom.